The van der Waals surface area contributed by atoms with E-state index < -0.39 is 0 Å². The van der Waals surface area contributed by atoms with E-state index in [0.29, 0.717) is 16.6 Å². The maximum absolute atomic E-state index is 5.98. The monoisotopic (exact) mass is 323 g/mol. The summed E-state index contributed by atoms with van der Waals surface area (Å²) in [5, 5.41) is 4.64. The minimum Gasteiger partial charge on any atom is -0.494 e. The van der Waals surface area contributed by atoms with Crippen LogP contribution >= 0.6 is 23.2 Å². The molecule has 0 radical (unpaired) electrons. The van der Waals surface area contributed by atoms with Gasteiger partial charge in [-0.1, -0.05) is 36.5 Å². The Kier molecular flexibility index (Phi) is 6.21. The molecule has 0 heterocycles. The third-order valence-corrected chi connectivity index (χ3v) is 3.48. The number of hydrogen-bond donors (Lipinski definition) is 1. The van der Waals surface area contributed by atoms with Crippen molar-refractivity contribution in [3.8, 4) is 5.75 Å². The zero-order chi connectivity index (χ0) is 15.1. The zero-order valence-electron chi connectivity index (χ0n) is 12.0. The van der Waals surface area contributed by atoms with Crippen molar-refractivity contribution in [2.75, 3.05) is 11.9 Å². The van der Waals surface area contributed by atoms with Gasteiger partial charge in [0.25, 0.3) is 0 Å². The van der Waals surface area contributed by atoms with Crippen LogP contribution in [0.4, 0.5) is 5.69 Å². The van der Waals surface area contributed by atoms with Crippen LogP contribution in [0.1, 0.15) is 25.3 Å². The van der Waals surface area contributed by atoms with Crippen molar-refractivity contribution in [3.63, 3.8) is 0 Å². The van der Waals surface area contributed by atoms with Gasteiger partial charge in [-0.25, -0.2) is 0 Å². The van der Waals surface area contributed by atoms with Crippen molar-refractivity contribution in [2.24, 2.45) is 0 Å². The lowest BCUT2D eigenvalue weighted by molar-refractivity contribution is 0.309. The van der Waals surface area contributed by atoms with Crippen molar-refractivity contribution in [1.82, 2.24) is 0 Å². The maximum Gasteiger partial charge on any atom is 0.119 e. The molecule has 4 heteroatoms. The summed E-state index contributed by atoms with van der Waals surface area (Å²) in [4.78, 5) is 0. The second-order valence-corrected chi connectivity index (χ2v) is 5.73. The fourth-order valence-corrected chi connectivity index (χ4v) is 2.49. The van der Waals surface area contributed by atoms with Crippen molar-refractivity contribution >= 4 is 28.9 Å². The molecule has 2 aromatic rings. The van der Waals surface area contributed by atoms with Crippen molar-refractivity contribution in [3.05, 3.63) is 58.1 Å². The molecular weight excluding hydrogens is 305 g/mol. The van der Waals surface area contributed by atoms with Gasteiger partial charge in [-0.3, -0.25) is 0 Å². The lowest BCUT2D eigenvalue weighted by atomic mass is 10.2. The van der Waals surface area contributed by atoms with E-state index in [1.165, 1.54) is 0 Å². The number of rotatable bonds is 7. The molecule has 0 aliphatic heterocycles. The number of unbranched alkanes of at least 4 members (excludes halogenated alkanes) is 1. The molecule has 0 unspecified atom stereocenters. The number of anilines is 1. The normalized spacial score (nSPS) is 10.4. The molecular formula is C17H19Cl2NO. The molecule has 0 aliphatic rings. The Morgan fingerprint density at radius 3 is 2.29 bits per heavy atom. The van der Waals surface area contributed by atoms with Gasteiger partial charge in [-0.2, -0.15) is 0 Å². The first-order valence-corrected chi connectivity index (χ1v) is 7.84. The third kappa shape index (κ3) is 5.49. The molecule has 0 bridgehead atoms. The Hall–Kier alpha value is -1.38. The molecule has 0 aliphatic carbocycles. The molecule has 0 saturated carbocycles. The van der Waals surface area contributed by atoms with Crippen LogP contribution in [-0.2, 0) is 6.54 Å². The van der Waals surface area contributed by atoms with Crippen LogP contribution in [0, 0.1) is 0 Å². The molecule has 0 fully saturated rings. The number of hydrogen-bond acceptors (Lipinski definition) is 2. The van der Waals surface area contributed by atoms with E-state index in [-0.39, 0.29) is 0 Å². The second kappa shape index (κ2) is 8.16. The van der Waals surface area contributed by atoms with Gasteiger partial charge in [0, 0.05) is 22.3 Å². The fraction of sp³-hybridized carbons (Fsp3) is 0.294. The maximum atomic E-state index is 5.98. The molecule has 0 saturated heterocycles. The number of benzene rings is 2. The van der Waals surface area contributed by atoms with Gasteiger partial charge in [0.15, 0.2) is 0 Å². The first-order chi connectivity index (χ1) is 10.2. The van der Waals surface area contributed by atoms with Crippen molar-refractivity contribution in [2.45, 2.75) is 26.3 Å². The van der Waals surface area contributed by atoms with E-state index in [1.54, 1.807) is 6.07 Å². The molecule has 0 amide bonds. The van der Waals surface area contributed by atoms with Gasteiger partial charge < -0.3 is 10.1 Å². The summed E-state index contributed by atoms with van der Waals surface area (Å²) in [6.07, 6.45) is 2.22. The van der Waals surface area contributed by atoms with Crippen LogP contribution in [0.5, 0.6) is 5.75 Å². The first-order valence-electron chi connectivity index (χ1n) is 7.09. The average Bonchev–Trinajstić information content (AvgIpc) is 2.46. The van der Waals surface area contributed by atoms with Crippen LogP contribution in [0.3, 0.4) is 0 Å². The Balaban J connectivity index is 1.88. The lowest BCUT2D eigenvalue weighted by Gasteiger charge is -2.09. The number of nitrogens with one attached hydrogen (secondary N) is 1. The van der Waals surface area contributed by atoms with E-state index in [9.17, 15) is 0 Å². The van der Waals surface area contributed by atoms with Gasteiger partial charge in [-0.05, 0) is 54.4 Å². The molecule has 2 nitrogen and oxygen atoms in total. The summed E-state index contributed by atoms with van der Waals surface area (Å²) in [6.45, 7) is 3.60. The average molecular weight is 324 g/mol. The minimum absolute atomic E-state index is 0.652. The smallest absolute Gasteiger partial charge is 0.119 e. The highest BCUT2D eigenvalue weighted by molar-refractivity contribution is 6.34. The summed E-state index contributed by atoms with van der Waals surface area (Å²) in [5.74, 6) is 0.903. The van der Waals surface area contributed by atoms with E-state index in [4.69, 9.17) is 27.9 Å². The van der Waals surface area contributed by atoms with Crippen LogP contribution < -0.4 is 10.1 Å². The molecule has 2 rings (SSSR count). The van der Waals surface area contributed by atoms with Crippen LogP contribution in [0.2, 0.25) is 10.0 Å². The highest BCUT2D eigenvalue weighted by atomic mass is 35.5. The summed E-state index contributed by atoms with van der Waals surface area (Å²) in [7, 11) is 0. The van der Waals surface area contributed by atoms with Crippen molar-refractivity contribution in [1.29, 1.82) is 0 Å². The van der Waals surface area contributed by atoms with Gasteiger partial charge in [-0.15, -0.1) is 0 Å². The molecule has 1 N–H and O–H groups in total. The van der Waals surface area contributed by atoms with Crippen LogP contribution in [0.15, 0.2) is 42.5 Å². The Morgan fingerprint density at radius 1 is 1.00 bits per heavy atom. The number of halogens is 2. The molecule has 21 heavy (non-hydrogen) atoms. The molecule has 0 spiro atoms. The van der Waals surface area contributed by atoms with Gasteiger partial charge in [0.05, 0.1) is 6.61 Å². The molecule has 2 aromatic carbocycles. The summed E-state index contributed by atoms with van der Waals surface area (Å²) in [5.41, 5.74) is 2.09. The van der Waals surface area contributed by atoms with Gasteiger partial charge >= 0.3 is 0 Å². The SMILES string of the molecule is CCCCOc1ccc(NCc2cc(Cl)cc(Cl)c2)cc1. The van der Waals surface area contributed by atoms with E-state index in [2.05, 4.69) is 12.2 Å². The topological polar surface area (TPSA) is 21.3 Å². The Labute approximate surface area is 136 Å². The summed E-state index contributed by atoms with van der Waals surface area (Å²) in [6, 6.07) is 13.5. The third-order valence-electron chi connectivity index (χ3n) is 3.04. The fourth-order valence-electron chi connectivity index (χ4n) is 1.92. The highest BCUT2D eigenvalue weighted by Crippen LogP contribution is 2.21. The second-order valence-electron chi connectivity index (χ2n) is 4.86. The summed E-state index contributed by atoms with van der Waals surface area (Å²) < 4.78 is 5.63. The zero-order valence-corrected chi connectivity index (χ0v) is 13.5. The van der Waals surface area contributed by atoms with Crippen molar-refractivity contribution < 1.29 is 4.74 Å². The minimum atomic E-state index is 0.652. The van der Waals surface area contributed by atoms with Crippen LogP contribution in [-0.4, -0.2) is 6.61 Å². The Morgan fingerprint density at radius 2 is 1.67 bits per heavy atom. The van der Waals surface area contributed by atoms with E-state index in [0.717, 1.165) is 36.4 Å². The standard InChI is InChI=1S/C17H19Cl2NO/c1-2-3-8-21-17-6-4-16(5-7-17)20-12-13-9-14(18)11-15(19)10-13/h4-7,9-11,20H,2-3,8,12H2,1H3. The molecule has 0 aromatic heterocycles. The predicted molar refractivity (Wildman–Crippen MR) is 90.6 cm³/mol. The summed E-state index contributed by atoms with van der Waals surface area (Å²) >= 11 is 12.0. The highest BCUT2D eigenvalue weighted by Gasteiger charge is 1.99. The predicted octanol–water partition coefficient (Wildman–Crippen LogP) is 5.78. The lowest BCUT2D eigenvalue weighted by Crippen LogP contribution is -2.00. The molecule has 112 valence electrons. The van der Waals surface area contributed by atoms with Crippen LogP contribution in [0.25, 0.3) is 0 Å². The van der Waals surface area contributed by atoms with Gasteiger partial charge in [0.1, 0.15) is 5.75 Å². The quantitative estimate of drug-likeness (QED) is 0.651. The largest absolute Gasteiger partial charge is 0.494 e. The van der Waals surface area contributed by atoms with E-state index in [1.807, 2.05) is 36.4 Å². The van der Waals surface area contributed by atoms with E-state index >= 15 is 0 Å². The first kappa shape index (κ1) is 16.0. The van der Waals surface area contributed by atoms with Gasteiger partial charge in [0.2, 0.25) is 0 Å². The number of ether oxygens (including phenoxy) is 1. The Bertz CT molecular complexity index is 549. The molecule has 0 atom stereocenters.